The Balaban J connectivity index is 2.65. The van der Waals surface area contributed by atoms with E-state index in [-0.39, 0.29) is 5.54 Å². The van der Waals surface area contributed by atoms with Crippen molar-refractivity contribution < 1.29 is 9.47 Å². The van der Waals surface area contributed by atoms with Crippen LogP contribution < -0.4 is 14.8 Å². The predicted molar refractivity (Wildman–Crippen MR) is 83.6 cm³/mol. The molecular weight excluding hydrogens is 252 g/mol. The summed E-state index contributed by atoms with van der Waals surface area (Å²) in [6, 6.07) is 6.09. The first-order valence-electron chi connectivity index (χ1n) is 7.01. The maximum atomic E-state index is 5.75. The van der Waals surface area contributed by atoms with Gasteiger partial charge in [0, 0.05) is 18.6 Å². The van der Waals surface area contributed by atoms with Crippen LogP contribution in [0.2, 0.25) is 0 Å². The van der Waals surface area contributed by atoms with Crippen molar-refractivity contribution in [1.29, 1.82) is 0 Å². The number of nitrogens with zero attached hydrogens (tertiary/aromatic N) is 1. The normalized spacial score (nSPS) is 11.8. The second-order valence-electron chi connectivity index (χ2n) is 6.24. The van der Waals surface area contributed by atoms with Gasteiger partial charge in [0.1, 0.15) is 6.61 Å². The van der Waals surface area contributed by atoms with Crippen molar-refractivity contribution in [2.45, 2.75) is 32.9 Å². The SMILES string of the molecule is COc1cc(CNC(C)(C)C)ccc1OCCN(C)C. The van der Waals surface area contributed by atoms with E-state index in [1.807, 2.05) is 26.2 Å². The van der Waals surface area contributed by atoms with Gasteiger partial charge >= 0.3 is 0 Å². The van der Waals surface area contributed by atoms with Crippen LogP contribution in [0.5, 0.6) is 11.5 Å². The van der Waals surface area contributed by atoms with E-state index in [2.05, 4.69) is 37.1 Å². The average molecular weight is 280 g/mol. The topological polar surface area (TPSA) is 33.7 Å². The summed E-state index contributed by atoms with van der Waals surface area (Å²) in [7, 11) is 5.73. The lowest BCUT2D eigenvalue weighted by molar-refractivity contribution is 0.250. The molecule has 0 saturated heterocycles. The van der Waals surface area contributed by atoms with Crippen LogP contribution in [-0.4, -0.2) is 44.8 Å². The molecule has 1 aromatic carbocycles. The Bertz CT molecular complexity index is 411. The van der Waals surface area contributed by atoms with Crippen molar-refractivity contribution in [3.05, 3.63) is 23.8 Å². The summed E-state index contributed by atoms with van der Waals surface area (Å²) in [6.07, 6.45) is 0. The van der Waals surface area contributed by atoms with E-state index >= 15 is 0 Å². The Kier molecular flexibility index (Phi) is 6.30. The minimum Gasteiger partial charge on any atom is -0.493 e. The third kappa shape index (κ3) is 6.26. The molecule has 0 radical (unpaired) electrons. The van der Waals surface area contributed by atoms with Gasteiger partial charge in [-0.1, -0.05) is 6.07 Å². The van der Waals surface area contributed by atoms with Gasteiger partial charge in [-0.15, -0.1) is 0 Å². The Hall–Kier alpha value is -1.26. The van der Waals surface area contributed by atoms with Gasteiger partial charge in [0.15, 0.2) is 11.5 Å². The average Bonchev–Trinajstić information content (AvgIpc) is 2.36. The Morgan fingerprint density at radius 2 is 1.85 bits per heavy atom. The lowest BCUT2D eigenvalue weighted by Gasteiger charge is -2.21. The summed E-state index contributed by atoms with van der Waals surface area (Å²) in [6.45, 7) is 8.83. The molecule has 0 saturated carbocycles. The molecule has 1 rings (SSSR count). The smallest absolute Gasteiger partial charge is 0.161 e. The minimum absolute atomic E-state index is 0.105. The highest BCUT2D eigenvalue weighted by molar-refractivity contribution is 5.43. The number of nitrogens with one attached hydrogen (secondary N) is 1. The van der Waals surface area contributed by atoms with Crippen molar-refractivity contribution in [2.75, 3.05) is 34.4 Å². The van der Waals surface area contributed by atoms with Gasteiger partial charge in [0.2, 0.25) is 0 Å². The summed E-state index contributed by atoms with van der Waals surface area (Å²) in [4.78, 5) is 2.09. The molecule has 0 unspecified atom stereocenters. The molecular formula is C16H28N2O2. The first-order valence-corrected chi connectivity index (χ1v) is 7.01. The Labute approximate surface area is 123 Å². The number of ether oxygens (including phenoxy) is 2. The zero-order valence-electron chi connectivity index (χ0n) is 13.6. The fourth-order valence-corrected chi connectivity index (χ4v) is 1.65. The lowest BCUT2D eigenvalue weighted by Crippen LogP contribution is -2.35. The van der Waals surface area contributed by atoms with Gasteiger partial charge in [-0.3, -0.25) is 0 Å². The largest absolute Gasteiger partial charge is 0.493 e. The number of rotatable bonds is 7. The van der Waals surface area contributed by atoms with Crippen LogP contribution in [0.25, 0.3) is 0 Å². The lowest BCUT2D eigenvalue weighted by atomic mass is 10.1. The van der Waals surface area contributed by atoms with E-state index in [9.17, 15) is 0 Å². The van der Waals surface area contributed by atoms with E-state index in [0.29, 0.717) is 6.61 Å². The molecule has 0 aliphatic carbocycles. The summed E-state index contributed by atoms with van der Waals surface area (Å²) in [5.74, 6) is 1.59. The number of methoxy groups -OCH3 is 1. The zero-order valence-corrected chi connectivity index (χ0v) is 13.6. The molecule has 0 bridgehead atoms. The molecule has 4 heteroatoms. The molecule has 20 heavy (non-hydrogen) atoms. The second-order valence-corrected chi connectivity index (χ2v) is 6.24. The molecule has 0 aliphatic rings. The first-order chi connectivity index (χ1) is 9.31. The van der Waals surface area contributed by atoms with Crippen molar-refractivity contribution in [2.24, 2.45) is 0 Å². The van der Waals surface area contributed by atoms with Crippen LogP contribution in [-0.2, 0) is 6.54 Å². The van der Waals surface area contributed by atoms with Crippen molar-refractivity contribution >= 4 is 0 Å². The second kappa shape index (κ2) is 7.50. The van der Waals surface area contributed by atoms with Crippen molar-refractivity contribution in [3.63, 3.8) is 0 Å². The summed E-state index contributed by atoms with van der Waals surface area (Å²) in [5, 5.41) is 3.46. The highest BCUT2D eigenvalue weighted by atomic mass is 16.5. The van der Waals surface area contributed by atoms with Crippen LogP contribution in [0.4, 0.5) is 0 Å². The fourth-order valence-electron chi connectivity index (χ4n) is 1.65. The number of hydrogen-bond acceptors (Lipinski definition) is 4. The van der Waals surface area contributed by atoms with Gasteiger partial charge in [-0.05, 0) is 52.6 Å². The fraction of sp³-hybridized carbons (Fsp3) is 0.625. The molecule has 1 N–H and O–H groups in total. The number of hydrogen-bond donors (Lipinski definition) is 1. The van der Waals surface area contributed by atoms with Gasteiger partial charge in [0.05, 0.1) is 7.11 Å². The molecule has 0 aliphatic heterocycles. The zero-order chi connectivity index (χ0) is 15.2. The van der Waals surface area contributed by atoms with E-state index in [1.54, 1.807) is 7.11 Å². The van der Waals surface area contributed by atoms with Crippen LogP contribution >= 0.6 is 0 Å². The number of likely N-dealkylation sites (N-methyl/N-ethyl adjacent to an activating group) is 1. The van der Waals surface area contributed by atoms with Crippen LogP contribution in [0.3, 0.4) is 0 Å². The van der Waals surface area contributed by atoms with Crippen molar-refractivity contribution in [1.82, 2.24) is 10.2 Å². The Morgan fingerprint density at radius 1 is 1.15 bits per heavy atom. The van der Waals surface area contributed by atoms with E-state index in [4.69, 9.17) is 9.47 Å². The molecule has 0 atom stereocenters. The van der Waals surface area contributed by atoms with Gasteiger partial charge < -0.3 is 19.7 Å². The van der Waals surface area contributed by atoms with Crippen LogP contribution in [0.15, 0.2) is 18.2 Å². The Morgan fingerprint density at radius 3 is 2.40 bits per heavy atom. The summed E-state index contributed by atoms with van der Waals surface area (Å²) in [5.41, 5.74) is 1.30. The van der Waals surface area contributed by atoms with Gasteiger partial charge in [-0.25, -0.2) is 0 Å². The maximum absolute atomic E-state index is 5.75. The molecule has 0 heterocycles. The van der Waals surface area contributed by atoms with Gasteiger partial charge in [-0.2, -0.15) is 0 Å². The van der Waals surface area contributed by atoms with E-state index in [0.717, 1.165) is 24.6 Å². The molecule has 1 aromatic rings. The third-order valence-corrected chi connectivity index (χ3v) is 2.85. The first kappa shape index (κ1) is 16.8. The highest BCUT2D eigenvalue weighted by Gasteiger charge is 2.10. The van der Waals surface area contributed by atoms with Crippen molar-refractivity contribution in [3.8, 4) is 11.5 Å². The monoisotopic (exact) mass is 280 g/mol. The molecule has 0 fully saturated rings. The quantitative estimate of drug-likeness (QED) is 0.832. The maximum Gasteiger partial charge on any atom is 0.161 e. The summed E-state index contributed by atoms with van der Waals surface area (Å²) < 4.78 is 11.2. The summed E-state index contributed by atoms with van der Waals surface area (Å²) >= 11 is 0. The standard InChI is InChI=1S/C16H28N2O2/c1-16(2,3)17-12-13-7-8-14(15(11-13)19-6)20-10-9-18(4)5/h7-8,11,17H,9-10,12H2,1-6H3. The van der Waals surface area contributed by atoms with Crippen LogP contribution in [0.1, 0.15) is 26.3 Å². The highest BCUT2D eigenvalue weighted by Crippen LogP contribution is 2.28. The van der Waals surface area contributed by atoms with E-state index < -0.39 is 0 Å². The molecule has 0 spiro atoms. The van der Waals surface area contributed by atoms with E-state index in [1.165, 1.54) is 5.56 Å². The predicted octanol–water partition coefficient (Wildman–Crippen LogP) is 2.52. The molecule has 4 nitrogen and oxygen atoms in total. The van der Waals surface area contributed by atoms with Crippen LogP contribution in [0, 0.1) is 0 Å². The molecule has 0 amide bonds. The molecule has 0 aromatic heterocycles. The van der Waals surface area contributed by atoms with Gasteiger partial charge in [0.25, 0.3) is 0 Å². The number of benzene rings is 1. The minimum atomic E-state index is 0.105. The molecule has 114 valence electrons. The third-order valence-electron chi connectivity index (χ3n) is 2.85.